The smallest absolute Gasteiger partial charge is 0.157 e. The van der Waals surface area contributed by atoms with Crippen LogP contribution >= 0.6 is 39.0 Å². The molecule has 0 aliphatic heterocycles. The first-order chi connectivity index (χ1) is 6.34. The molecule has 0 bridgehead atoms. The Balaban J connectivity index is 2.15. The highest BCUT2D eigenvalue weighted by atomic mass is 79.9. The van der Waals surface area contributed by atoms with E-state index in [0.29, 0.717) is 0 Å². The van der Waals surface area contributed by atoms with Crippen LogP contribution in [0.5, 0.6) is 0 Å². The normalized spacial score (nSPS) is 10.2. The first-order valence-corrected chi connectivity index (χ1v) is 5.88. The molecule has 13 heavy (non-hydrogen) atoms. The molecule has 0 spiro atoms. The summed E-state index contributed by atoms with van der Waals surface area (Å²) in [7, 11) is 0. The molecule has 0 fully saturated rings. The minimum absolute atomic E-state index is 0.869. The first-order valence-electron chi connectivity index (χ1n) is 3.39. The van der Waals surface area contributed by atoms with Gasteiger partial charge < -0.3 is 0 Å². The highest BCUT2D eigenvalue weighted by Gasteiger charge is 2.02. The second kappa shape index (κ2) is 4.17. The molecule has 2 rings (SSSR count). The third kappa shape index (κ3) is 2.49. The Bertz CT molecular complexity index is 390. The van der Waals surface area contributed by atoms with E-state index in [-0.39, 0.29) is 0 Å². The lowest BCUT2D eigenvalue weighted by Crippen LogP contribution is -1.79. The van der Waals surface area contributed by atoms with Crippen molar-refractivity contribution in [2.24, 2.45) is 0 Å². The Labute approximate surface area is 91.8 Å². The van der Waals surface area contributed by atoms with Gasteiger partial charge in [-0.2, -0.15) is 0 Å². The highest BCUT2D eigenvalue weighted by molar-refractivity contribution is 9.10. The summed E-state index contributed by atoms with van der Waals surface area (Å²) < 4.78 is 1.85. The molecule has 0 amide bonds. The van der Waals surface area contributed by atoms with Gasteiger partial charge in [0.25, 0.3) is 0 Å². The lowest BCUT2D eigenvalue weighted by Gasteiger charge is -1.92. The van der Waals surface area contributed by atoms with Crippen molar-refractivity contribution in [1.29, 1.82) is 0 Å². The number of hydrogen-bond acceptors (Lipinski definition) is 5. The number of thiazole rings is 1. The second-order valence-electron chi connectivity index (χ2n) is 2.09. The zero-order chi connectivity index (χ0) is 9.10. The molecule has 0 saturated heterocycles. The third-order valence-corrected chi connectivity index (χ3v) is 3.80. The maximum Gasteiger partial charge on any atom is 0.157 e. The van der Waals surface area contributed by atoms with Crippen molar-refractivity contribution in [2.45, 2.75) is 9.37 Å². The summed E-state index contributed by atoms with van der Waals surface area (Å²) in [6.45, 7) is 0. The van der Waals surface area contributed by atoms with Crippen LogP contribution in [0.4, 0.5) is 0 Å². The molecule has 0 unspecified atom stereocenters. The molecular formula is C7H4BrN3S2. The van der Waals surface area contributed by atoms with Crippen LogP contribution in [0.3, 0.4) is 0 Å². The van der Waals surface area contributed by atoms with Crippen LogP contribution < -0.4 is 0 Å². The summed E-state index contributed by atoms with van der Waals surface area (Å²) >= 11 is 6.42. The van der Waals surface area contributed by atoms with E-state index in [4.69, 9.17) is 0 Å². The predicted molar refractivity (Wildman–Crippen MR) is 56.0 cm³/mol. The molecule has 0 aromatic carbocycles. The van der Waals surface area contributed by atoms with Gasteiger partial charge in [0.15, 0.2) is 4.34 Å². The van der Waals surface area contributed by atoms with Gasteiger partial charge in [0.2, 0.25) is 0 Å². The number of hydrogen-bond donors (Lipinski definition) is 0. The monoisotopic (exact) mass is 273 g/mol. The van der Waals surface area contributed by atoms with Crippen molar-refractivity contribution in [3.8, 4) is 0 Å². The van der Waals surface area contributed by atoms with Crippen LogP contribution in [0, 0.1) is 0 Å². The lowest BCUT2D eigenvalue weighted by molar-refractivity contribution is 1.04. The fourth-order valence-electron chi connectivity index (χ4n) is 0.714. The van der Waals surface area contributed by atoms with Gasteiger partial charge in [-0.25, -0.2) is 15.0 Å². The minimum atomic E-state index is 0.869. The Kier molecular flexibility index (Phi) is 2.92. The molecular weight excluding hydrogens is 270 g/mol. The van der Waals surface area contributed by atoms with Gasteiger partial charge >= 0.3 is 0 Å². The topological polar surface area (TPSA) is 38.7 Å². The van der Waals surface area contributed by atoms with Crippen molar-refractivity contribution in [1.82, 2.24) is 15.0 Å². The van der Waals surface area contributed by atoms with Crippen molar-refractivity contribution < 1.29 is 0 Å². The maximum absolute atomic E-state index is 4.24. The van der Waals surface area contributed by atoms with E-state index in [0.717, 1.165) is 14.0 Å². The molecule has 2 aromatic heterocycles. The lowest BCUT2D eigenvalue weighted by atomic mass is 10.7. The standard InChI is InChI=1S/C7H4BrN3S2/c8-5-3-12-7(11-5)13-6-1-2-9-4-10-6/h1-4H. The van der Waals surface area contributed by atoms with Crippen LogP contribution in [0.15, 0.2) is 37.9 Å². The quantitative estimate of drug-likeness (QED) is 0.789. The van der Waals surface area contributed by atoms with Gasteiger partial charge in [-0.05, 0) is 33.8 Å². The average molecular weight is 274 g/mol. The molecule has 0 saturated carbocycles. The van der Waals surface area contributed by atoms with E-state index in [1.54, 1.807) is 17.5 Å². The Morgan fingerprint density at radius 1 is 1.46 bits per heavy atom. The van der Waals surface area contributed by atoms with E-state index in [1.165, 1.54) is 18.1 Å². The van der Waals surface area contributed by atoms with Gasteiger partial charge in [-0.1, -0.05) is 0 Å². The molecule has 0 aliphatic carbocycles. The second-order valence-corrected chi connectivity index (χ2v) is 5.02. The summed E-state index contributed by atoms with van der Waals surface area (Å²) in [5, 5.41) is 2.86. The summed E-state index contributed by atoms with van der Waals surface area (Å²) in [6, 6.07) is 1.86. The third-order valence-electron chi connectivity index (χ3n) is 1.20. The molecule has 0 radical (unpaired) electrons. The summed E-state index contributed by atoms with van der Waals surface area (Å²) in [4.78, 5) is 12.2. The number of nitrogens with zero attached hydrogens (tertiary/aromatic N) is 3. The molecule has 2 aromatic rings. The van der Waals surface area contributed by atoms with Gasteiger partial charge in [-0.15, -0.1) is 11.3 Å². The van der Waals surface area contributed by atoms with E-state index < -0.39 is 0 Å². The SMILES string of the molecule is Brc1csc(Sc2ccncn2)n1. The van der Waals surface area contributed by atoms with Crippen molar-refractivity contribution >= 4 is 39.0 Å². The van der Waals surface area contributed by atoms with Gasteiger partial charge in [0.05, 0.1) is 0 Å². The van der Waals surface area contributed by atoms with Gasteiger partial charge in [0.1, 0.15) is 16.0 Å². The summed E-state index contributed by atoms with van der Waals surface area (Å²) in [6.07, 6.45) is 3.25. The highest BCUT2D eigenvalue weighted by Crippen LogP contribution is 2.29. The molecule has 0 aliphatic rings. The van der Waals surface area contributed by atoms with Gasteiger partial charge in [0, 0.05) is 11.6 Å². The fraction of sp³-hybridized carbons (Fsp3) is 0. The predicted octanol–water partition coefficient (Wildman–Crippen LogP) is 2.85. The van der Waals surface area contributed by atoms with E-state index in [9.17, 15) is 0 Å². The molecule has 0 atom stereocenters. The molecule has 0 N–H and O–H groups in total. The van der Waals surface area contributed by atoms with E-state index in [2.05, 4.69) is 30.9 Å². The first kappa shape index (κ1) is 9.11. The zero-order valence-electron chi connectivity index (χ0n) is 6.35. The molecule has 3 nitrogen and oxygen atoms in total. The molecule has 6 heteroatoms. The van der Waals surface area contributed by atoms with E-state index in [1.807, 2.05) is 11.4 Å². The van der Waals surface area contributed by atoms with Crippen LogP contribution in [-0.4, -0.2) is 15.0 Å². The van der Waals surface area contributed by atoms with Crippen LogP contribution in [0.25, 0.3) is 0 Å². The number of aromatic nitrogens is 3. The Morgan fingerprint density at radius 2 is 2.38 bits per heavy atom. The van der Waals surface area contributed by atoms with E-state index >= 15 is 0 Å². The van der Waals surface area contributed by atoms with Crippen LogP contribution in [0.2, 0.25) is 0 Å². The summed E-state index contributed by atoms with van der Waals surface area (Å²) in [5.74, 6) is 0. The van der Waals surface area contributed by atoms with Gasteiger partial charge in [-0.3, -0.25) is 0 Å². The van der Waals surface area contributed by atoms with Crippen LogP contribution in [0.1, 0.15) is 0 Å². The Morgan fingerprint density at radius 3 is 3.00 bits per heavy atom. The average Bonchev–Trinajstić information content (AvgIpc) is 2.53. The van der Waals surface area contributed by atoms with Crippen LogP contribution in [-0.2, 0) is 0 Å². The Hall–Kier alpha value is -0.460. The number of halogens is 1. The fourth-order valence-corrected chi connectivity index (χ4v) is 2.95. The number of rotatable bonds is 2. The largest absolute Gasteiger partial charge is 0.245 e. The molecule has 66 valence electrons. The maximum atomic E-state index is 4.24. The minimum Gasteiger partial charge on any atom is -0.245 e. The summed E-state index contributed by atoms with van der Waals surface area (Å²) in [5.41, 5.74) is 0. The zero-order valence-corrected chi connectivity index (χ0v) is 9.56. The van der Waals surface area contributed by atoms with Crippen molar-refractivity contribution in [3.05, 3.63) is 28.6 Å². The molecule has 2 heterocycles. The van der Waals surface area contributed by atoms with Crippen molar-refractivity contribution in [2.75, 3.05) is 0 Å². The van der Waals surface area contributed by atoms with Crippen molar-refractivity contribution in [3.63, 3.8) is 0 Å².